The van der Waals surface area contributed by atoms with E-state index in [1.165, 1.54) is 0 Å². The van der Waals surface area contributed by atoms with Gasteiger partial charge >= 0.3 is 0 Å². The highest BCUT2D eigenvalue weighted by molar-refractivity contribution is 9.10. The second-order valence-corrected chi connectivity index (χ2v) is 4.86. The van der Waals surface area contributed by atoms with Crippen LogP contribution in [0, 0.1) is 18.3 Å². The SMILES string of the molecule is COc1c(C)ccc(Br)c1C(C)(C)C#N. The maximum Gasteiger partial charge on any atom is 0.127 e. The number of nitriles is 1. The molecule has 15 heavy (non-hydrogen) atoms. The standard InChI is InChI=1S/C12H14BrNO/c1-8-5-6-9(13)10(11(8)15-4)12(2,3)7-14/h5-6H,1-4H3. The number of hydrogen-bond donors (Lipinski definition) is 0. The van der Waals surface area contributed by atoms with Gasteiger partial charge in [-0.05, 0) is 32.4 Å². The average Bonchev–Trinajstić information content (AvgIpc) is 2.20. The molecule has 2 nitrogen and oxygen atoms in total. The molecule has 0 fully saturated rings. The fourth-order valence-corrected chi connectivity index (χ4v) is 2.37. The van der Waals surface area contributed by atoms with Crippen LogP contribution in [-0.2, 0) is 5.41 Å². The predicted octanol–water partition coefficient (Wildman–Crippen LogP) is 3.57. The van der Waals surface area contributed by atoms with E-state index >= 15 is 0 Å². The predicted molar refractivity (Wildman–Crippen MR) is 64.1 cm³/mol. The van der Waals surface area contributed by atoms with Crippen LogP contribution in [-0.4, -0.2) is 7.11 Å². The number of benzene rings is 1. The molecule has 0 aromatic heterocycles. The zero-order chi connectivity index (χ0) is 11.6. The largest absolute Gasteiger partial charge is 0.496 e. The molecule has 1 aromatic rings. The smallest absolute Gasteiger partial charge is 0.127 e. The molecular weight excluding hydrogens is 254 g/mol. The molecule has 0 heterocycles. The quantitative estimate of drug-likeness (QED) is 0.821. The van der Waals surface area contributed by atoms with E-state index < -0.39 is 5.41 Å². The van der Waals surface area contributed by atoms with Crippen LogP contribution in [0.15, 0.2) is 16.6 Å². The van der Waals surface area contributed by atoms with Gasteiger partial charge in [0.1, 0.15) is 5.75 Å². The molecule has 0 amide bonds. The van der Waals surface area contributed by atoms with Crippen molar-refractivity contribution in [1.82, 2.24) is 0 Å². The Bertz CT molecular complexity index is 418. The molecule has 0 radical (unpaired) electrons. The average molecular weight is 268 g/mol. The topological polar surface area (TPSA) is 33.0 Å². The van der Waals surface area contributed by atoms with Crippen molar-refractivity contribution >= 4 is 15.9 Å². The van der Waals surface area contributed by atoms with Crippen molar-refractivity contribution in [3.63, 3.8) is 0 Å². The normalized spacial score (nSPS) is 10.9. The van der Waals surface area contributed by atoms with Crippen LogP contribution in [0.2, 0.25) is 0 Å². The van der Waals surface area contributed by atoms with Crippen molar-refractivity contribution in [3.8, 4) is 11.8 Å². The summed E-state index contributed by atoms with van der Waals surface area (Å²) < 4.78 is 6.28. The van der Waals surface area contributed by atoms with Gasteiger partial charge in [0, 0.05) is 10.0 Å². The molecule has 1 rings (SSSR count). The van der Waals surface area contributed by atoms with Crippen LogP contribution in [0.5, 0.6) is 5.75 Å². The second-order valence-electron chi connectivity index (χ2n) is 4.01. The first-order valence-corrected chi connectivity index (χ1v) is 5.48. The van der Waals surface area contributed by atoms with Crippen molar-refractivity contribution in [2.24, 2.45) is 0 Å². The first-order valence-electron chi connectivity index (χ1n) is 4.69. The highest BCUT2D eigenvalue weighted by Crippen LogP contribution is 2.39. The van der Waals surface area contributed by atoms with Crippen LogP contribution < -0.4 is 4.74 Å². The van der Waals surface area contributed by atoms with Crippen LogP contribution >= 0.6 is 15.9 Å². The number of ether oxygens (including phenoxy) is 1. The van der Waals surface area contributed by atoms with Crippen molar-refractivity contribution < 1.29 is 4.74 Å². The number of methoxy groups -OCH3 is 1. The van der Waals surface area contributed by atoms with E-state index in [9.17, 15) is 0 Å². The molecular formula is C12H14BrNO. The maximum atomic E-state index is 9.16. The zero-order valence-electron chi connectivity index (χ0n) is 9.39. The van der Waals surface area contributed by atoms with Crippen LogP contribution in [0.1, 0.15) is 25.0 Å². The van der Waals surface area contributed by atoms with Gasteiger partial charge in [0.15, 0.2) is 0 Å². The van der Waals surface area contributed by atoms with E-state index in [0.717, 1.165) is 21.3 Å². The van der Waals surface area contributed by atoms with Gasteiger partial charge in [-0.25, -0.2) is 0 Å². The van der Waals surface area contributed by atoms with Gasteiger partial charge in [-0.2, -0.15) is 5.26 Å². The van der Waals surface area contributed by atoms with E-state index in [4.69, 9.17) is 10.00 Å². The molecule has 1 aromatic carbocycles. The first kappa shape index (κ1) is 12.1. The minimum absolute atomic E-state index is 0.559. The van der Waals surface area contributed by atoms with E-state index in [0.29, 0.717) is 0 Å². The third kappa shape index (κ3) is 2.15. The van der Waals surface area contributed by atoms with Gasteiger partial charge in [-0.15, -0.1) is 0 Å². The van der Waals surface area contributed by atoms with Gasteiger partial charge in [0.05, 0.1) is 18.6 Å². The van der Waals surface area contributed by atoms with Gasteiger partial charge < -0.3 is 4.74 Å². The maximum absolute atomic E-state index is 9.16. The lowest BCUT2D eigenvalue weighted by Gasteiger charge is -2.22. The molecule has 3 heteroatoms. The summed E-state index contributed by atoms with van der Waals surface area (Å²) >= 11 is 3.47. The second kappa shape index (κ2) is 4.24. The lowest BCUT2D eigenvalue weighted by atomic mass is 9.84. The number of nitrogens with zero attached hydrogens (tertiary/aromatic N) is 1. The monoisotopic (exact) mass is 267 g/mol. The molecule has 0 aliphatic heterocycles. The molecule has 0 saturated heterocycles. The van der Waals surface area contributed by atoms with E-state index in [1.54, 1.807) is 7.11 Å². The Balaban J connectivity index is 3.53. The lowest BCUT2D eigenvalue weighted by molar-refractivity contribution is 0.399. The van der Waals surface area contributed by atoms with Crippen molar-refractivity contribution in [3.05, 3.63) is 27.7 Å². The molecule has 80 valence electrons. The molecule has 0 aliphatic rings. The fourth-order valence-electron chi connectivity index (χ4n) is 1.56. The summed E-state index contributed by atoms with van der Waals surface area (Å²) in [7, 11) is 1.63. The Kier molecular flexibility index (Phi) is 3.41. The fraction of sp³-hybridized carbons (Fsp3) is 0.417. The first-order chi connectivity index (χ1) is 6.94. The Morgan fingerprint density at radius 3 is 2.47 bits per heavy atom. The van der Waals surface area contributed by atoms with Gasteiger partial charge in [0.25, 0.3) is 0 Å². The highest BCUT2D eigenvalue weighted by atomic mass is 79.9. The Morgan fingerprint density at radius 2 is 2.00 bits per heavy atom. The van der Waals surface area contributed by atoms with Gasteiger partial charge in [0.2, 0.25) is 0 Å². The summed E-state index contributed by atoms with van der Waals surface area (Å²) in [5, 5.41) is 9.16. The summed E-state index contributed by atoms with van der Waals surface area (Å²) in [6.45, 7) is 5.74. The highest BCUT2D eigenvalue weighted by Gasteiger charge is 2.27. The summed E-state index contributed by atoms with van der Waals surface area (Å²) in [5.74, 6) is 0.788. The van der Waals surface area contributed by atoms with Crippen LogP contribution in [0.4, 0.5) is 0 Å². The third-order valence-corrected chi connectivity index (χ3v) is 3.07. The number of halogens is 1. The molecule has 0 atom stereocenters. The number of aryl methyl sites for hydroxylation is 1. The number of hydrogen-bond acceptors (Lipinski definition) is 2. The van der Waals surface area contributed by atoms with E-state index in [-0.39, 0.29) is 0 Å². The molecule has 0 N–H and O–H groups in total. The molecule has 0 bridgehead atoms. The molecule has 0 unspecified atom stereocenters. The lowest BCUT2D eigenvalue weighted by Crippen LogP contribution is -2.16. The van der Waals surface area contributed by atoms with Crippen molar-refractivity contribution in [2.75, 3.05) is 7.11 Å². The minimum atomic E-state index is -0.559. The molecule has 0 aliphatic carbocycles. The van der Waals surface area contributed by atoms with Crippen LogP contribution in [0.25, 0.3) is 0 Å². The van der Waals surface area contributed by atoms with Crippen molar-refractivity contribution in [1.29, 1.82) is 5.26 Å². The molecule has 0 saturated carbocycles. The Labute approximate surface area is 99.0 Å². The summed E-state index contributed by atoms with van der Waals surface area (Å²) in [6, 6.07) is 6.21. The van der Waals surface area contributed by atoms with Gasteiger partial charge in [-0.1, -0.05) is 22.0 Å². The number of rotatable bonds is 2. The Morgan fingerprint density at radius 1 is 1.40 bits per heavy atom. The summed E-state index contributed by atoms with van der Waals surface area (Å²) in [6.07, 6.45) is 0. The van der Waals surface area contributed by atoms with E-state index in [2.05, 4.69) is 22.0 Å². The summed E-state index contributed by atoms with van der Waals surface area (Å²) in [5.41, 5.74) is 1.39. The minimum Gasteiger partial charge on any atom is -0.496 e. The Hall–Kier alpha value is -1.01. The van der Waals surface area contributed by atoms with E-state index in [1.807, 2.05) is 32.9 Å². The molecule has 0 spiro atoms. The summed E-state index contributed by atoms with van der Waals surface area (Å²) in [4.78, 5) is 0. The van der Waals surface area contributed by atoms with Crippen LogP contribution in [0.3, 0.4) is 0 Å². The zero-order valence-corrected chi connectivity index (χ0v) is 11.0. The van der Waals surface area contributed by atoms with Gasteiger partial charge in [-0.3, -0.25) is 0 Å². The van der Waals surface area contributed by atoms with Crippen molar-refractivity contribution in [2.45, 2.75) is 26.2 Å². The third-order valence-electron chi connectivity index (χ3n) is 2.41.